The monoisotopic (exact) mass is 375 g/mol. The van der Waals surface area contributed by atoms with Crippen LogP contribution in [0.3, 0.4) is 0 Å². The molecule has 0 aliphatic carbocycles. The normalized spacial score (nSPS) is 11.3. The van der Waals surface area contributed by atoms with Gasteiger partial charge in [0, 0.05) is 31.0 Å². The van der Waals surface area contributed by atoms with Gasteiger partial charge in [-0.2, -0.15) is 0 Å². The summed E-state index contributed by atoms with van der Waals surface area (Å²) < 4.78 is 5.69. The van der Waals surface area contributed by atoms with Crippen LogP contribution < -0.4 is 15.4 Å². The van der Waals surface area contributed by atoms with Crippen molar-refractivity contribution in [1.82, 2.24) is 20.6 Å². The van der Waals surface area contributed by atoms with Gasteiger partial charge in [0.05, 0.1) is 13.2 Å². The van der Waals surface area contributed by atoms with E-state index in [-0.39, 0.29) is 0 Å². The Balaban J connectivity index is 1.92. The average molecular weight is 376 g/mol. The molecule has 26 heavy (non-hydrogen) atoms. The topological polar surface area (TPSA) is 71.4 Å². The fraction of sp³-hybridized carbons (Fsp3) is 0.421. The molecule has 0 radical (unpaired) electrons. The summed E-state index contributed by atoms with van der Waals surface area (Å²) >= 11 is 5.81. The van der Waals surface area contributed by atoms with Crippen LogP contribution in [-0.2, 0) is 13.0 Å². The molecule has 6 nitrogen and oxygen atoms in total. The zero-order valence-corrected chi connectivity index (χ0v) is 16.1. The van der Waals surface area contributed by atoms with E-state index in [0.29, 0.717) is 24.2 Å². The molecule has 0 aromatic carbocycles. The zero-order valence-electron chi connectivity index (χ0n) is 15.3. The van der Waals surface area contributed by atoms with Gasteiger partial charge in [0.2, 0.25) is 5.88 Å². The first kappa shape index (κ1) is 20.0. The summed E-state index contributed by atoms with van der Waals surface area (Å²) in [5.41, 5.74) is 2.10. The summed E-state index contributed by atoms with van der Waals surface area (Å²) in [4.78, 5) is 13.0. The van der Waals surface area contributed by atoms with Gasteiger partial charge in [-0.25, -0.2) is 15.0 Å². The van der Waals surface area contributed by atoms with E-state index < -0.39 is 0 Å². The van der Waals surface area contributed by atoms with Gasteiger partial charge in [-0.05, 0) is 37.5 Å². The molecule has 2 rings (SSSR count). The lowest BCUT2D eigenvalue weighted by Crippen LogP contribution is -2.38. The van der Waals surface area contributed by atoms with Crippen molar-refractivity contribution in [3.05, 3.63) is 52.9 Å². The Bertz CT molecular complexity index is 691. The number of ether oxygens (including phenoxy) is 1. The number of guanidine groups is 1. The number of nitrogens with zero attached hydrogens (tertiary/aromatic N) is 3. The first-order valence-electron chi connectivity index (χ1n) is 8.92. The highest BCUT2D eigenvalue weighted by atomic mass is 35.5. The lowest BCUT2D eigenvalue weighted by Gasteiger charge is -2.12. The molecule has 0 fully saturated rings. The van der Waals surface area contributed by atoms with Gasteiger partial charge in [0.1, 0.15) is 5.15 Å². The molecule has 0 amide bonds. The van der Waals surface area contributed by atoms with Crippen molar-refractivity contribution in [2.45, 2.75) is 33.2 Å². The van der Waals surface area contributed by atoms with E-state index in [1.54, 1.807) is 18.5 Å². The maximum absolute atomic E-state index is 5.81. The quantitative estimate of drug-likeness (QED) is 0.400. The number of aliphatic imine (C=N–C) groups is 1. The van der Waals surface area contributed by atoms with Gasteiger partial charge in [0.15, 0.2) is 5.96 Å². The highest BCUT2D eigenvalue weighted by molar-refractivity contribution is 6.29. The Hall–Kier alpha value is -2.34. The van der Waals surface area contributed by atoms with E-state index >= 15 is 0 Å². The summed E-state index contributed by atoms with van der Waals surface area (Å²) in [7, 11) is 0. The van der Waals surface area contributed by atoms with Gasteiger partial charge in [0.25, 0.3) is 0 Å². The third-order valence-corrected chi connectivity index (χ3v) is 3.76. The Kier molecular flexibility index (Phi) is 8.69. The van der Waals surface area contributed by atoms with Crippen LogP contribution in [-0.4, -0.2) is 35.6 Å². The maximum atomic E-state index is 5.81. The predicted octanol–water partition coefficient (Wildman–Crippen LogP) is 3.22. The van der Waals surface area contributed by atoms with Crippen LogP contribution in [0.25, 0.3) is 0 Å². The molecule has 140 valence electrons. The molecular formula is C19H26ClN5O. The van der Waals surface area contributed by atoms with E-state index in [1.165, 1.54) is 0 Å². The van der Waals surface area contributed by atoms with Gasteiger partial charge in [-0.3, -0.25) is 0 Å². The van der Waals surface area contributed by atoms with Crippen molar-refractivity contribution < 1.29 is 4.74 Å². The van der Waals surface area contributed by atoms with Crippen molar-refractivity contribution in [1.29, 1.82) is 0 Å². The van der Waals surface area contributed by atoms with Gasteiger partial charge in [-0.15, -0.1) is 0 Å². The summed E-state index contributed by atoms with van der Waals surface area (Å²) in [6, 6.07) is 7.67. The number of hydrogen-bond donors (Lipinski definition) is 2. The number of pyridine rings is 2. The predicted molar refractivity (Wildman–Crippen MR) is 106 cm³/mol. The van der Waals surface area contributed by atoms with Crippen molar-refractivity contribution in [2.75, 3.05) is 19.7 Å². The molecule has 0 spiro atoms. The second-order valence-electron chi connectivity index (χ2n) is 5.68. The van der Waals surface area contributed by atoms with Crippen molar-refractivity contribution in [3.63, 3.8) is 0 Å². The Morgan fingerprint density at radius 3 is 2.81 bits per heavy atom. The maximum Gasteiger partial charge on any atom is 0.218 e. The smallest absolute Gasteiger partial charge is 0.218 e. The fourth-order valence-corrected chi connectivity index (χ4v) is 2.37. The van der Waals surface area contributed by atoms with E-state index in [0.717, 1.165) is 43.0 Å². The van der Waals surface area contributed by atoms with E-state index in [2.05, 4.69) is 32.5 Å². The first-order valence-corrected chi connectivity index (χ1v) is 9.30. The summed E-state index contributed by atoms with van der Waals surface area (Å²) in [6.07, 6.45) is 5.32. The molecule has 0 unspecified atom stereocenters. The third-order valence-electron chi connectivity index (χ3n) is 3.54. The highest BCUT2D eigenvalue weighted by Crippen LogP contribution is 2.15. The molecule has 2 N–H and O–H groups in total. The molecule has 2 heterocycles. The number of halogens is 1. The lowest BCUT2D eigenvalue weighted by atomic mass is 10.2. The minimum absolute atomic E-state index is 0.505. The highest BCUT2D eigenvalue weighted by Gasteiger charge is 2.05. The molecule has 0 aliphatic rings. The summed E-state index contributed by atoms with van der Waals surface area (Å²) in [6.45, 7) is 6.82. The molecule has 0 bridgehead atoms. The molecule has 2 aromatic heterocycles. The largest absolute Gasteiger partial charge is 0.477 e. The third kappa shape index (κ3) is 6.88. The van der Waals surface area contributed by atoms with Gasteiger partial charge < -0.3 is 15.4 Å². The summed E-state index contributed by atoms with van der Waals surface area (Å²) in [5.74, 6) is 1.42. The minimum Gasteiger partial charge on any atom is -0.477 e. The minimum atomic E-state index is 0.505. The van der Waals surface area contributed by atoms with Crippen molar-refractivity contribution in [3.8, 4) is 5.88 Å². The Morgan fingerprint density at radius 1 is 1.19 bits per heavy atom. The fourth-order valence-electron chi connectivity index (χ4n) is 2.26. The standard InChI is InChI=1S/C19H26ClN5O/c1-3-12-26-18-16(6-5-10-22-18)14-25-19(21-4-2)23-11-9-15-7-8-17(20)24-13-15/h5-8,10,13H,3-4,9,11-12,14H2,1-2H3,(H2,21,23,25). The molecule has 7 heteroatoms. The first-order chi connectivity index (χ1) is 12.7. The second kappa shape index (κ2) is 11.3. The van der Waals surface area contributed by atoms with Crippen LogP contribution in [0.4, 0.5) is 0 Å². The molecule has 0 atom stereocenters. The average Bonchev–Trinajstić information content (AvgIpc) is 2.66. The van der Waals surface area contributed by atoms with E-state index in [4.69, 9.17) is 16.3 Å². The Labute approximate surface area is 160 Å². The van der Waals surface area contributed by atoms with Gasteiger partial charge >= 0.3 is 0 Å². The number of rotatable bonds is 9. The van der Waals surface area contributed by atoms with Crippen LogP contribution in [0.2, 0.25) is 5.15 Å². The number of aromatic nitrogens is 2. The van der Waals surface area contributed by atoms with Crippen molar-refractivity contribution in [2.24, 2.45) is 4.99 Å². The van der Waals surface area contributed by atoms with Gasteiger partial charge in [-0.1, -0.05) is 30.7 Å². The molecule has 0 saturated carbocycles. The second-order valence-corrected chi connectivity index (χ2v) is 6.06. The number of nitrogens with one attached hydrogen (secondary N) is 2. The SMILES string of the molecule is CCCOc1ncccc1CN=C(NCC)NCCc1ccc(Cl)nc1. The summed E-state index contributed by atoms with van der Waals surface area (Å²) in [5, 5.41) is 7.09. The molecule has 2 aromatic rings. The van der Waals surface area contributed by atoms with Crippen LogP contribution >= 0.6 is 11.6 Å². The Morgan fingerprint density at radius 2 is 2.08 bits per heavy atom. The van der Waals surface area contributed by atoms with Crippen LogP contribution in [0.1, 0.15) is 31.4 Å². The molecule has 0 aliphatic heterocycles. The van der Waals surface area contributed by atoms with Crippen LogP contribution in [0.5, 0.6) is 5.88 Å². The van der Waals surface area contributed by atoms with Crippen LogP contribution in [0, 0.1) is 0 Å². The number of hydrogen-bond acceptors (Lipinski definition) is 4. The lowest BCUT2D eigenvalue weighted by molar-refractivity contribution is 0.302. The van der Waals surface area contributed by atoms with Crippen LogP contribution in [0.15, 0.2) is 41.7 Å². The van der Waals surface area contributed by atoms with E-state index in [1.807, 2.05) is 25.1 Å². The molecule has 0 saturated heterocycles. The zero-order chi connectivity index (χ0) is 18.6. The molecular weight excluding hydrogens is 350 g/mol. The van der Waals surface area contributed by atoms with E-state index in [9.17, 15) is 0 Å². The van der Waals surface area contributed by atoms with Crippen molar-refractivity contribution >= 4 is 17.6 Å².